The van der Waals surface area contributed by atoms with E-state index in [2.05, 4.69) is 4.98 Å². The first-order valence-corrected chi connectivity index (χ1v) is 8.59. The summed E-state index contributed by atoms with van der Waals surface area (Å²) in [6.07, 6.45) is 2.16. The van der Waals surface area contributed by atoms with Gasteiger partial charge in [0.15, 0.2) is 0 Å². The molecule has 0 unspecified atom stereocenters. The van der Waals surface area contributed by atoms with Crippen LogP contribution in [0.2, 0.25) is 0 Å². The van der Waals surface area contributed by atoms with E-state index in [0.29, 0.717) is 28.8 Å². The molecule has 0 bridgehead atoms. The lowest BCUT2D eigenvalue weighted by Crippen LogP contribution is -2.11. The number of benzene rings is 2. The maximum absolute atomic E-state index is 13.1. The van der Waals surface area contributed by atoms with Gasteiger partial charge in [-0.3, -0.25) is 9.78 Å². The molecule has 2 aromatic heterocycles. The largest absolute Gasteiger partial charge is 0.497 e. The number of fused-ring (bicyclic) bond motifs is 1. The molecule has 0 aliphatic heterocycles. The Labute approximate surface area is 156 Å². The molecule has 0 spiro atoms. The number of pyridine rings is 1. The van der Waals surface area contributed by atoms with E-state index in [1.54, 1.807) is 37.6 Å². The number of hydrogen-bond acceptors (Lipinski definition) is 4. The minimum Gasteiger partial charge on any atom is -0.497 e. The van der Waals surface area contributed by atoms with E-state index in [9.17, 15) is 9.90 Å². The molecular weight excluding hydrogens is 340 g/mol. The third-order valence-corrected chi connectivity index (χ3v) is 4.58. The van der Waals surface area contributed by atoms with Crippen molar-refractivity contribution in [1.82, 2.24) is 9.55 Å². The monoisotopic (exact) mass is 358 g/mol. The molecule has 4 aromatic rings. The number of methoxy groups -OCH3 is 1. The molecule has 27 heavy (non-hydrogen) atoms. The van der Waals surface area contributed by atoms with Crippen LogP contribution >= 0.6 is 0 Å². The molecule has 0 aliphatic carbocycles. The van der Waals surface area contributed by atoms with Gasteiger partial charge in [0, 0.05) is 34.8 Å². The highest BCUT2D eigenvalue weighted by Gasteiger charge is 2.22. The molecule has 0 fully saturated rings. The molecule has 5 nitrogen and oxygen atoms in total. The van der Waals surface area contributed by atoms with Crippen LogP contribution in [0.1, 0.15) is 21.6 Å². The minimum atomic E-state index is -0.293. The van der Waals surface area contributed by atoms with Crippen LogP contribution in [0.25, 0.3) is 10.9 Å². The third kappa shape index (κ3) is 3.04. The molecule has 0 amide bonds. The summed E-state index contributed by atoms with van der Waals surface area (Å²) in [7, 11) is 1.58. The number of carbonyl (C=O) groups excluding carboxylic acids is 1. The predicted molar refractivity (Wildman–Crippen MR) is 103 cm³/mol. The smallest absolute Gasteiger partial charge is 0.265 e. The van der Waals surface area contributed by atoms with Gasteiger partial charge in [0.25, 0.3) is 5.91 Å². The topological polar surface area (TPSA) is 64.3 Å². The Bertz CT molecular complexity index is 1100. The van der Waals surface area contributed by atoms with Crippen molar-refractivity contribution >= 4 is 16.8 Å². The second-order valence-electron chi connectivity index (χ2n) is 6.19. The number of aromatic hydroxyl groups is 1. The summed E-state index contributed by atoms with van der Waals surface area (Å²) >= 11 is 0. The maximum Gasteiger partial charge on any atom is 0.265 e. The Kier molecular flexibility index (Phi) is 4.34. The molecule has 134 valence electrons. The van der Waals surface area contributed by atoms with Crippen molar-refractivity contribution in [3.05, 3.63) is 89.7 Å². The highest BCUT2D eigenvalue weighted by molar-refractivity contribution is 6.05. The van der Waals surface area contributed by atoms with Crippen molar-refractivity contribution in [3.8, 4) is 11.6 Å². The lowest BCUT2D eigenvalue weighted by atomic mass is 10.1. The quantitative estimate of drug-likeness (QED) is 0.598. The van der Waals surface area contributed by atoms with Gasteiger partial charge in [0.1, 0.15) is 5.75 Å². The van der Waals surface area contributed by atoms with Crippen LogP contribution in [0.5, 0.6) is 11.6 Å². The van der Waals surface area contributed by atoms with Crippen molar-refractivity contribution in [2.75, 3.05) is 7.11 Å². The molecule has 2 heterocycles. The Morgan fingerprint density at radius 2 is 1.78 bits per heavy atom. The summed E-state index contributed by atoms with van der Waals surface area (Å²) in [6, 6.07) is 20.0. The van der Waals surface area contributed by atoms with Gasteiger partial charge >= 0.3 is 0 Å². The van der Waals surface area contributed by atoms with Gasteiger partial charge in [-0.05, 0) is 42.5 Å². The molecule has 2 aromatic carbocycles. The van der Waals surface area contributed by atoms with E-state index >= 15 is 0 Å². The Morgan fingerprint density at radius 1 is 1.04 bits per heavy atom. The summed E-state index contributed by atoms with van der Waals surface area (Å²) in [6.45, 7) is 0. The molecule has 4 rings (SSSR count). The van der Waals surface area contributed by atoms with Crippen LogP contribution < -0.4 is 4.74 Å². The highest BCUT2D eigenvalue weighted by Crippen LogP contribution is 2.33. The first-order valence-electron chi connectivity index (χ1n) is 8.59. The molecule has 0 saturated heterocycles. The molecule has 0 atom stereocenters. The fraction of sp³-hybridized carbons (Fsp3) is 0.0909. The summed E-state index contributed by atoms with van der Waals surface area (Å²) in [5.41, 5.74) is 2.65. The Hall–Kier alpha value is -3.60. The first-order chi connectivity index (χ1) is 13.2. The molecular formula is C22H18N2O3. The third-order valence-electron chi connectivity index (χ3n) is 4.58. The van der Waals surface area contributed by atoms with E-state index in [1.807, 2.05) is 42.5 Å². The van der Waals surface area contributed by atoms with Gasteiger partial charge in [-0.15, -0.1) is 0 Å². The lowest BCUT2D eigenvalue weighted by molar-refractivity contribution is 0.0956. The molecule has 1 N–H and O–H groups in total. The van der Waals surface area contributed by atoms with Gasteiger partial charge < -0.3 is 9.84 Å². The van der Waals surface area contributed by atoms with Crippen LogP contribution in [0.3, 0.4) is 0 Å². The number of ether oxygens (including phenoxy) is 1. The van der Waals surface area contributed by atoms with Gasteiger partial charge in [-0.2, -0.15) is 0 Å². The fourth-order valence-electron chi connectivity index (χ4n) is 3.22. The zero-order chi connectivity index (χ0) is 18.8. The lowest BCUT2D eigenvalue weighted by Gasteiger charge is -2.07. The summed E-state index contributed by atoms with van der Waals surface area (Å²) in [5.74, 6) is 0.324. The van der Waals surface area contributed by atoms with Crippen molar-refractivity contribution < 1.29 is 14.6 Å². The van der Waals surface area contributed by atoms with Crippen molar-refractivity contribution in [3.63, 3.8) is 0 Å². The van der Waals surface area contributed by atoms with E-state index in [1.165, 1.54) is 4.57 Å². The number of rotatable bonds is 4. The zero-order valence-electron chi connectivity index (χ0n) is 14.8. The second-order valence-corrected chi connectivity index (χ2v) is 6.19. The molecule has 5 heteroatoms. The number of para-hydroxylation sites is 1. The SMILES string of the molecule is COc1ccc(C(=O)n2c(O)c(Cc3ccccn3)c3ccccc32)cc1. The van der Waals surface area contributed by atoms with Crippen molar-refractivity contribution in [1.29, 1.82) is 0 Å². The Morgan fingerprint density at radius 3 is 2.48 bits per heavy atom. The minimum absolute atomic E-state index is 0.0531. The summed E-state index contributed by atoms with van der Waals surface area (Å²) in [4.78, 5) is 17.4. The van der Waals surface area contributed by atoms with E-state index in [0.717, 1.165) is 11.1 Å². The predicted octanol–water partition coefficient (Wildman–Crippen LogP) is 4.03. The maximum atomic E-state index is 13.1. The highest BCUT2D eigenvalue weighted by atomic mass is 16.5. The number of aromatic nitrogens is 2. The second kappa shape index (κ2) is 6.96. The van der Waals surface area contributed by atoms with E-state index < -0.39 is 0 Å². The average Bonchev–Trinajstić information content (AvgIpc) is 3.00. The fourth-order valence-corrected chi connectivity index (χ4v) is 3.22. The van der Waals surface area contributed by atoms with Crippen molar-refractivity contribution in [2.45, 2.75) is 6.42 Å². The van der Waals surface area contributed by atoms with Crippen LogP contribution in [-0.2, 0) is 6.42 Å². The van der Waals surface area contributed by atoms with E-state index in [-0.39, 0.29) is 11.8 Å². The van der Waals surface area contributed by atoms with Gasteiger partial charge in [-0.1, -0.05) is 24.3 Å². The standard InChI is InChI=1S/C22H18N2O3/c1-27-17-11-9-15(10-12-17)21(25)24-20-8-3-2-7-18(20)19(22(24)26)14-16-6-4-5-13-23-16/h2-13,26H,14H2,1H3. The Balaban J connectivity index is 1.83. The number of hydrogen-bond donors (Lipinski definition) is 1. The van der Waals surface area contributed by atoms with Crippen LogP contribution in [0.15, 0.2) is 72.9 Å². The van der Waals surface area contributed by atoms with Crippen LogP contribution in [0, 0.1) is 0 Å². The normalized spacial score (nSPS) is 10.9. The summed E-state index contributed by atoms with van der Waals surface area (Å²) in [5, 5.41) is 11.7. The van der Waals surface area contributed by atoms with E-state index in [4.69, 9.17) is 4.74 Å². The average molecular weight is 358 g/mol. The van der Waals surface area contributed by atoms with Crippen molar-refractivity contribution in [2.24, 2.45) is 0 Å². The summed E-state index contributed by atoms with van der Waals surface area (Å²) < 4.78 is 6.50. The van der Waals surface area contributed by atoms with Crippen LogP contribution in [0.4, 0.5) is 0 Å². The molecule has 0 saturated carbocycles. The van der Waals surface area contributed by atoms with Gasteiger partial charge in [0.2, 0.25) is 5.88 Å². The molecule has 0 aliphatic rings. The zero-order valence-corrected chi connectivity index (χ0v) is 14.8. The first kappa shape index (κ1) is 16.8. The van der Waals surface area contributed by atoms with Crippen LogP contribution in [-0.4, -0.2) is 27.7 Å². The number of nitrogens with zero attached hydrogens (tertiary/aromatic N) is 2. The van der Waals surface area contributed by atoms with Gasteiger partial charge in [-0.25, -0.2) is 4.57 Å². The number of carbonyl (C=O) groups is 1. The molecule has 0 radical (unpaired) electrons. The van der Waals surface area contributed by atoms with Gasteiger partial charge in [0.05, 0.1) is 12.6 Å².